The zero-order chi connectivity index (χ0) is 13.2. The van der Waals surface area contributed by atoms with Crippen LogP contribution in [0, 0.1) is 6.92 Å². The standard InChI is InChI=1S/C15H17N3O/c1-10-9-14(13-3-2-8-16-13)18-15(17-10)11-4-6-12(19)7-5-11/h2-3,8-9,11,16H,4-7H2,1H3. The van der Waals surface area contributed by atoms with E-state index in [1.807, 2.05) is 31.3 Å². The summed E-state index contributed by atoms with van der Waals surface area (Å²) >= 11 is 0. The first kappa shape index (κ1) is 12.1. The maximum absolute atomic E-state index is 11.3. The highest BCUT2D eigenvalue weighted by molar-refractivity contribution is 5.79. The average Bonchev–Trinajstić information content (AvgIpc) is 2.93. The first-order valence-corrected chi connectivity index (χ1v) is 6.73. The van der Waals surface area contributed by atoms with Crippen molar-refractivity contribution < 1.29 is 4.79 Å². The van der Waals surface area contributed by atoms with Crippen molar-refractivity contribution in [1.82, 2.24) is 15.0 Å². The van der Waals surface area contributed by atoms with Crippen LogP contribution < -0.4 is 0 Å². The summed E-state index contributed by atoms with van der Waals surface area (Å²) in [5.74, 6) is 1.58. The topological polar surface area (TPSA) is 58.6 Å². The summed E-state index contributed by atoms with van der Waals surface area (Å²) in [5, 5.41) is 0. The lowest BCUT2D eigenvalue weighted by Crippen LogP contribution is -2.15. The van der Waals surface area contributed by atoms with Crippen molar-refractivity contribution in [3.05, 3.63) is 35.9 Å². The van der Waals surface area contributed by atoms with E-state index >= 15 is 0 Å². The van der Waals surface area contributed by atoms with E-state index in [0.717, 1.165) is 35.7 Å². The second kappa shape index (κ2) is 4.96. The van der Waals surface area contributed by atoms with Gasteiger partial charge in [-0.2, -0.15) is 0 Å². The molecule has 0 aliphatic heterocycles. The van der Waals surface area contributed by atoms with Gasteiger partial charge >= 0.3 is 0 Å². The van der Waals surface area contributed by atoms with E-state index in [2.05, 4.69) is 15.0 Å². The summed E-state index contributed by atoms with van der Waals surface area (Å²) in [4.78, 5) is 23.7. The number of ketones is 1. The first-order chi connectivity index (χ1) is 9.22. The molecule has 0 radical (unpaired) electrons. The molecular weight excluding hydrogens is 238 g/mol. The van der Waals surface area contributed by atoms with Crippen LogP contribution in [0.15, 0.2) is 24.4 Å². The molecule has 2 aromatic rings. The molecule has 98 valence electrons. The number of Topliss-reactive ketones (excluding diaryl/α,β-unsaturated/α-hetero) is 1. The first-order valence-electron chi connectivity index (χ1n) is 6.73. The van der Waals surface area contributed by atoms with Crippen LogP contribution >= 0.6 is 0 Å². The third-order valence-corrected chi connectivity index (χ3v) is 3.65. The predicted octanol–water partition coefficient (Wildman–Crippen LogP) is 3.01. The smallest absolute Gasteiger partial charge is 0.132 e. The predicted molar refractivity (Wildman–Crippen MR) is 72.8 cm³/mol. The Hall–Kier alpha value is -1.97. The molecule has 4 heteroatoms. The molecule has 1 fully saturated rings. The number of nitrogens with zero attached hydrogens (tertiary/aromatic N) is 2. The van der Waals surface area contributed by atoms with Crippen molar-refractivity contribution in [2.24, 2.45) is 0 Å². The normalized spacial score (nSPS) is 16.8. The number of nitrogens with one attached hydrogen (secondary N) is 1. The third-order valence-electron chi connectivity index (χ3n) is 3.65. The van der Waals surface area contributed by atoms with E-state index in [-0.39, 0.29) is 0 Å². The fraction of sp³-hybridized carbons (Fsp3) is 0.400. The summed E-state index contributed by atoms with van der Waals surface area (Å²) in [6.07, 6.45) is 4.99. The Morgan fingerprint density at radius 2 is 2.05 bits per heavy atom. The van der Waals surface area contributed by atoms with Gasteiger partial charge in [0.1, 0.15) is 11.6 Å². The Kier molecular flexibility index (Phi) is 3.15. The van der Waals surface area contributed by atoms with Gasteiger partial charge in [0.15, 0.2) is 0 Å². The van der Waals surface area contributed by atoms with Gasteiger partial charge in [0.25, 0.3) is 0 Å². The number of hydrogen-bond donors (Lipinski definition) is 1. The van der Waals surface area contributed by atoms with E-state index in [9.17, 15) is 4.79 Å². The van der Waals surface area contributed by atoms with Gasteiger partial charge in [-0.25, -0.2) is 9.97 Å². The minimum atomic E-state index is 0.325. The molecule has 0 bridgehead atoms. The van der Waals surface area contributed by atoms with Gasteiger partial charge in [-0.05, 0) is 38.0 Å². The van der Waals surface area contributed by atoms with E-state index in [1.165, 1.54) is 0 Å². The minimum absolute atomic E-state index is 0.325. The molecule has 0 unspecified atom stereocenters. The highest BCUT2D eigenvalue weighted by atomic mass is 16.1. The second-order valence-electron chi connectivity index (χ2n) is 5.15. The number of carbonyl (C=O) groups excluding carboxylic acids is 1. The largest absolute Gasteiger partial charge is 0.360 e. The fourth-order valence-electron chi connectivity index (χ4n) is 2.60. The van der Waals surface area contributed by atoms with Gasteiger partial charge < -0.3 is 4.98 Å². The summed E-state index contributed by atoms with van der Waals surface area (Å²) < 4.78 is 0. The lowest BCUT2D eigenvalue weighted by Gasteiger charge is -2.20. The van der Waals surface area contributed by atoms with Crippen LogP contribution in [0.5, 0.6) is 0 Å². The molecule has 1 aliphatic rings. The van der Waals surface area contributed by atoms with Crippen LogP contribution in [0.2, 0.25) is 0 Å². The number of H-pyrrole nitrogens is 1. The Balaban J connectivity index is 1.92. The van der Waals surface area contributed by atoms with E-state index in [4.69, 9.17) is 0 Å². The highest BCUT2D eigenvalue weighted by Crippen LogP contribution is 2.30. The molecule has 4 nitrogen and oxygen atoms in total. The van der Waals surface area contributed by atoms with Crippen LogP contribution in [0.3, 0.4) is 0 Å². The van der Waals surface area contributed by atoms with Crippen molar-refractivity contribution in [3.8, 4) is 11.4 Å². The summed E-state index contributed by atoms with van der Waals surface area (Å²) in [6, 6.07) is 5.96. The summed E-state index contributed by atoms with van der Waals surface area (Å²) in [7, 11) is 0. The van der Waals surface area contributed by atoms with Crippen molar-refractivity contribution in [3.63, 3.8) is 0 Å². The summed E-state index contributed by atoms with van der Waals surface area (Å²) in [5.41, 5.74) is 2.93. The number of aryl methyl sites for hydroxylation is 1. The molecule has 19 heavy (non-hydrogen) atoms. The van der Waals surface area contributed by atoms with E-state index < -0.39 is 0 Å². The molecule has 1 aliphatic carbocycles. The molecule has 2 aromatic heterocycles. The molecular formula is C15H17N3O. The maximum Gasteiger partial charge on any atom is 0.132 e. The van der Waals surface area contributed by atoms with Crippen LogP contribution in [-0.4, -0.2) is 20.7 Å². The monoisotopic (exact) mass is 255 g/mol. The molecule has 1 saturated carbocycles. The van der Waals surface area contributed by atoms with Crippen molar-refractivity contribution in [2.75, 3.05) is 0 Å². The van der Waals surface area contributed by atoms with Crippen LogP contribution in [-0.2, 0) is 4.79 Å². The van der Waals surface area contributed by atoms with Crippen LogP contribution in [0.1, 0.15) is 43.1 Å². The van der Waals surface area contributed by atoms with E-state index in [0.29, 0.717) is 24.5 Å². The zero-order valence-electron chi connectivity index (χ0n) is 11.0. The highest BCUT2D eigenvalue weighted by Gasteiger charge is 2.23. The number of carbonyl (C=O) groups is 1. The lowest BCUT2D eigenvalue weighted by molar-refractivity contribution is -0.120. The van der Waals surface area contributed by atoms with Crippen molar-refractivity contribution in [2.45, 2.75) is 38.5 Å². The van der Waals surface area contributed by atoms with Gasteiger partial charge in [-0.15, -0.1) is 0 Å². The molecule has 0 amide bonds. The Morgan fingerprint density at radius 1 is 1.26 bits per heavy atom. The van der Waals surface area contributed by atoms with Gasteiger partial charge in [-0.3, -0.25) is 4.79 Å². The number of aromatic nitrogens is 3. The Labute approximate surface area is 112 Å². The maximum atomic E-state index is 11.3. The minimum Gasteiger partial charge on any atom is -0.360 e. The number of aromatic amines is 1. The second-order valence-corrected chi connectivity index (χ2v) is 5.15. The number of rotatable bonds is 2. The van der Waals surface area contributed by atoms with Gasteiger partial charge in [0, 0.05) is 30.7 Å². The van der Waals surface area contributed by atoms with Gasteiger partial charge in [-0.1, -0.05) is 0 Å². The SMILES string of the molecule is Cc1cc(-c2ccc[nH]2)nc(C2CCC(=O)CC2)n1. The Morgan fingerprint density at radius 3 is 2.74 bits per heavy atom. The molecule has 0 spiro atoms. The number of hydrogen-bond acceptors (Lipinski definition) is 3. The molecule has 3 rings (SSSR count). The van der Waals surface area contributed by atoms with Crippen LogP contribution in [0.25, 0.3) is 11.4 Å². The Bertz CT molecular complexity index is 579. The molecule has 0 saturated heterocycles. The molecule has 0 aromatic carbocycles. The quantitative estimate of drug-likeness (QED) is 0.897. The van der Waals surface area contributed by atoms with Crippen molar-refractivity contribution >= 4 is 5.78 Å². The lowest BCUT2D eigenvalue weighted by atomic mass is 9.88. The summed E-state index contributed by atoms with van der Waals surface area (Å²) in [6.45, 7) is 1.99. The van der Waals surface area contributed by atoms with Crippen LogP contribution in [0.4, 0.5) is 0 Å². The van der Waals surface area contributed by atoms with E-state index in [1.54, 1.807) is 0 Å². The fourth-order valence-corrected chi connectivity index (χ4v) is 2.60. The third kappa shape index (κ3) is 2.57. The molecule has 0 atom stereocenters. The van der Waals surface area contributed by atoms with Crippen molar-refractivity contribution in [1.29, 1.82) is 0 Å². The molecule has 1 N–H and O–H groups in total. The average molecular weight is 255 g/mol. The van der Waals surface area contributed by atoms with Gasteiger partial charge in [0.2, 0.25) is 0 Å². The molecule has 2 heterocycles. The van der Waals surface area contributed by atoms with Gasteiger partial charge in [0.05, 0.1) is 11.4 Å². The zero-order valence-corrected chi connectivity index (χ0v) is 11.0.